The van der Waals surface area contributed by atoms with Gasteiger partial charge < -0.3 is 18.9 Å². The van der Waals surface area contributed by atoms with Gasteiger partial charge in [0, 0.05) is 40.6 Å². The molecule has 2 aromatic rings. The van der Waals surface area contributed by atoms with E-state index in [0.717, 1.165) is 28.4 Å². The van der Waals surface area contributed by atoms with Gasteiger partial charge in [0.2, 0.25) is 0 Å². The van der Waals surface area contributed by atoms with Crippen molar-refractivity contribution in [3.05, 3.63) is 47.0 Å². The summed E-state index contributed by atoms with van der Waals surface area (Å²) < 4.78 is 21.9. The van der Waals surface area contributed by atoms with E-state index in [-0.39, 0.29) is 0 Å². The van der Waals surface area contributed by atoms with E-state index in [2.05, 4.69) is 39.6 Å². The molecule has 0 amide bonds. The van der Waals surface area contributed by atoms with Crippen molar-refractivity contribution < 1.29 is 18.9 Å². The zero-order valence-corrected chi connectivity index (χ0v) is 16.8. The van der Waals surface area contributed by atoms with Crippen LogP contribution in [0.5, 0.6) is 23.0 Å². The van der Waals surface area contributed by atoms with Crippen LogP contribution >= 0.6 is 15.9 Å². The Labute approximate surface area is 167 Å². The second kappa shape index (κ2) is 9.26. The van der Waals surface area contributed by atoms with Gasteiger partial charge in [-0.3, -0.25) is 0 Å². The maximum atomic E-state index is 5.68. The van der Waals surface area contributed by atoms with Gasteiger partial charge in [0.15, 0.2) is 23.0 Å². The maximum Gasteiger partial charge on any atom is 0.162 e. The fourth-order valence-electron chi connectivity index (χ4n) is 2.55. The number of ether oxygens (including phenoxy) is 4. The Morgan fingerprint density at radius 3 is 2.19 bits per heavy atom. The Morgan fingerprint density at radius 2 is 1.56 bits per heavy atom. The van der Waals surface area contributed by atoms with E-state index in [9.17, 15) is 0 Å². The van der Waals surface area contributed by atoms with Gasteiger partial charge in [-0.05, 0) is 18.2 Å². The number of hydrogen-bond donors (Lipinski definition) is 0. The highest BCUT2D eigenvalue weighted by molar-refractivity contribution is 9.09. The molecule has 0 bridgehead atoms. The van der Waals surface area contributed by atoms with Crippen molar-refractivity contribution in [3.8, 4) is 46.7 Å². The van der Waals surface area contributed by atoms with E-state index < -0.39 is 0 Å². The summed E-state index contributed by atoms with van der Waals surface area (Å²) in [5.41, 5.74) is 2.45. The zero-order valence-electron chi connectivity index (χ0n) is 15.2. The van der Waals surface area contributed by atoms with Gasteiger partial charge in [0.25, 0.3) is 0 Å². The van der Waals surface area contributed by atoms with Gasteiger partial charge in [0.05, 0.1) is 14.2 Å². The maximum absolute atomic E-state index is 5.68. The molecule has 0 radical (unpaired) electrons. The first kappa shape index (κ1) is 19.0. The van der Waals surface area contributed by atoms with Gasteiger partial charge in [0.1, 0.15) is 13.2 Å². The third-order valence-corrected chi connectivity index (χ3v) is 4.25. The molecule has 0 atom stereocenters. The first-order valence-electron chi connectivity index (χ1n) is 8.47. The number of hydrogen-bond acceptors (Lipinski definition) is 4. The molecule has 0 fully saturated rings. The molecule has 2 aromatic carbocycles. The minimum atomic E-state index is 0.532. The minimum absolute atomic E-state index is 0.532. The van der Waals surface area contributed by atoms with E-state index in [1.54, 1.807) is 14.2 Å². The van der Waals surface area contributed by atoms with Crippen molar-refractivity contribution in [2.75, 3.05) is 32.8 Å². The Morgan fingerprint density at radius 1 is 0.889 bits per heavy atom. The van der Waals surface area contributed by atoms with Crippen LogP contribution in [0.3, 0.4) is 0 Å². The Balaban J connectivity index is 1.99. The summed E-state index contributed by atoms with van der Waals surface area (Å²) in [4.78, 5) is 0. The standard InChI is InChI=1S/C22H19BrO4/c1-24-19-9-7-16(13-20(19)25-2)6-8-18-15-22-21(26-11-12-27-22)14-17(18)5-3-4-10-23/h7,9,13-15H,4,10-12H2,1-2H3. The third-order valence-electron chi connectivity index (χ3n) is 3.85. The molecule has 4 nitrogen and oxygen atoms in total. The van der Waals surface area contributed by atoms with Crippen LogP contribution in [0.15, 0.2) is 30.3 Å². The van der Waals surface area contributed by atoms with Gasteiger partial charge in [-0.25, -0.2) is 0 Å². The van der Waals surface area contributed by atoms with Crippen molar-refractivity contribution in [3.63, 3.8) is 0 Å². The Hall–Kier alpha value is -2.76. The Bertz CT molecular complexity index is 944. The molecule has 5 heteroatoms. The number of methoxy groups -OCH3 is 2. The number of alkyl halides is 1. The smallest absolute Gasteiger partial charge is 0.162 e. The van der Waals surface area contributed by atoms with Crippen molar-refractivity contribution in [2.45, 2.75) is 6.42 Å². The van der Waals surface area contributed by atoms with Gasteiger partial charge >= 0.3 is 0 Å². The number of rotatable bonds is 3. The lowest BCUT2D eigenvalue weighted by Gasteiger charge is -2.19. The molecule has 0 saturated heterocycles. The molecular formula is C22H19BrO4. The number of benzene rings is 2. The second-order valence-electron chi connectivity index (χ2n) is 5.60. The highest BCUT2D eigenvalue weighted by Crippen LogP contribution is 2.33. The van der Waals surface area contributed by atoms with Crippen molar-refractivity contribution in [1.82, 2.24) is 0 Å². The molecule has 0 aliphatic carbocycles. The lowest BCUT2D eigenvalue weighted by molar-refractivity contribution is 0.171. The van der Waals surface area contributed by atoms with Gasteiger partial charge in [-0.15, -0.1) is 0 Å². The topological polar surface area (TPSA) is 36.9 Å². The highest BCUT2D eigenvalue weighted by Gasteiger charge is 2.14. The van der Waals surface area contributed by atoms with Crippen LogP contribution in [0.2, 0.25) is 0 Å². The van der Waals surface area contributed by atoms with E-state index in [4.69, 9.17) is 18.9 Å². The molecular weight excluding hydrogens is 408 g/mol. The van der Waals surface area contributed by atoms with E-state index in [0.29, 0.717) is 36.2 Å². The predicted octanol–water partition coefficient (Wildman–Crippen LogP) is 4.01. The monoisotopic (exact) mass is 426 g/mol. The fourth-order valence-corrected chi connectivity index (χ4v) is 2.75. The normalized spacial score (nSPS) is 11.5. The molecule has 1 aliphatic rings. The van der Waals surface area contributed by atoms with Crippen LogP contribution in [-0.4, -0.2) is 32.8 Å². The van der Waals surface area contributed by atoms with Crippen molar-refractivity contribution in [2.24, 2.45) is 0 Å². The van der Waals surface area contributed by atoms with Crippen LogP contribution < -0.4 is 18.9 Å². The first-order valence-corrected chi connectivity index (χ1v) is 9.60. The van der Waals surface area contributed by atoms with E-state index >= 15 is 0 Å². The molecule has 3 rings (SSSR count). The molecule has 1 aliphatic heterocycles. The van der Waals surface area contributed by atoms with E-state index in [1.165, 1.54) is 0 Å². The van der Waals surface area contributed by atoms with Crippen LogP contribution in [0.4, 0.5) is 0 Å². The summed E-state index contributed by atoms with van der Waals surface area (Å²) >= 11 is 3.39. The van der Waals surface area contributed by atoms with Gasteiger partial charge in [-0.1, -0.05) is 39.6 Å². The SMILES string of the molecule is COc1ccc(C#Cc2cc3c(cc2C#CCCBr)OCCO3)cc1OC. The average molecular weight is 427 g/mol. The van der Waals surface area contributed by atoms with Crippen LogP contribution in [-0.2, 0) is 0 Å². The largest absolute Gasteiger partial charge is 0.493 e. The van der Waals surface area contributed by atoms with Crippen LogP contribution in [0.1, 0.15) is 23.1 Å². The number of halogens is 1. The summed E-state index contributed by atoms with van der Waals surface area (Å²) in [7, 11) is 3.21. The zero-order chi connectivity index (χ0) is 19.1. The number of fused-ring (bicyclic) bond motifs is 1. The molecule has 27 heavy (non-hydrogen) atoms. The first-order chi connectivity index (χ1) is 13.2. The lowest BCUT2D eigenvalue weighted by atomic mass is 10.1. The highest BCUT2D eigenvalue weighted by atomic mass is 79.9. The van der Waals surface area contributed by atoms with Crippen LogP contribution in [0, 0.1) is 23.7 Å². The molecule has 138 valence electrons. The van der Waals surface area contributed by atoms with E-state index in [1.807, 2.05) is 30.3 Å². The van der Waals surface area contributed by atoms with Gasteiger partial charge in [-0.2, -0.15) is 0 Å². The van der Waals surface area contributed by atoms with Crippen LogP contribution in [0.25, 0.3) is 0 Å². The predicted molar refractivity (Wildman–Crippen MR) is 108 cm³/mol. The molecule has 0 unspecified atom stereocenters. The fraction of sp³-hybridized carbons (Fsp3) is 0.273. The van der Waals surface area contributed by atoms with Crippen molar-refractivity contribution >= 4 is 15.9 Å². The van der Waals surface area contributed by atoms with Crippen molar-refractivity contribution in [1.29, 1.82) is 0 Å². The molecule has 0 saturated carbocycles. The summed E-state index contributed by atoms with van der Waals surface area (Å²) in [5.74, 6) is 15.4. The summed E-state index contributed by atoms with van der Waals surface area (Å²) in [6, 6.07) is 9.36. The third kappa shape index (κ3) is 4.70. The minimum Gasteiger partial charge on any atom is -0.493 e. The molecule has 0 aromatic heterocycles. The second-order valence-corrected chi connectivity index (χ2v) is 6.39. The Kier molecular flexibility index (Phi) is 6.52. The quantitative estimate of drug-likeness (QED) is 0.548. The average Bonchev–Trinajstić information content (AvgIpc) is 2.72. The summed E-state index contributed by atoms with van der Waals surface area (Å²) in [6.07, 6.45) is 0.761. The summed E-state index contributed by atoms with van der Waals surface area (Å²) in [6.45, 7) is 1.07. The lowest BCUT2D eigenvalue weighted by Crippen LogP contribution is -2.15. The summed E-state index contributed by atoms with van der Waals surface area (Å²) in [5, 5.41) is 0.831. The molecule has 0 N–H and O–H groups in total. The molecule has 1 heterocycles. The molecule has 0 spiro atoms.